The van der Waals surface area contributed by atoms with Crippen LogP contribution in [-0.2, 0) is 16.6 Å². The summed E-state index contributed by atoms with van der Waals surface area (Å²) >= 11 is 0. The molecule has 1 aromatic rings. The van der Waals surface area contributed by atoms with Crippen LogP contribution < -0.4 is 5.32 Å². The van der Waals surface area contributed by atoms with Crippen molar-refractivity contribution >= 4 is 10.0 Å². The molecule has 1 saturated carbocycles. The summed E-state index contributed by atoms with van der Waals surface area (Å²) in [6.07, 6.45) is 3.67. The second-order valence-electron chi connectivity index (χ2n) is 4.52. The monoisotopic (exact) mass is 258 g/mol. The molecule has 0 saturated heterocycles. The molecule has 0 radical (unpaired) electrons. The lowest BCUT2D eigenvalue weighted by Gasteiger charge is -2.25. The van der Waals surface area contributed by atoms with Crippen molar-refractivity contribution in [3.8, 4) is 0 Å². The Labute approximate surface area is 102 Å². The fraction of sp³-hybridized carbons (Fsp3) is 0.636. The zero-order chi connectivity index (χ0) is 12.5. The highest BCUT2D eigenvalue weighted by Gasteiger charge is 2.22. The molecule has 1 N–H and O–H groups in total. The van der Waals surface area contributed by atoms with Crippen molar-refractivity contribution in [2.75, 3.05) is 14.1 Å². The summed E-state index contributed by atoms with van der Waals surface area (Å²) in [6, 6.07) is 3.78. The lowest BCUT2D eigenvalue weighted by molar-refractivity contribution is 0.315. The molecule has 0 unspecified atom stereocenters. The van der Waals surface area contributed by atoms with Crippen LogP contribution >= 0.6 is 0 Å². The predicted molar refractivity (Wildman–Crippen MR) is 64.1 cm³/mol. The van der Waals surface area contributed by atoms with Crippen molar-refractivity contribution < 1.29 is 12.8 Å². The van der Waals surface area contributed by atoms with E-state index in [4.69, 9.17) is 4.42 Å². The van der Waals surface area contributed by atoms with Crippen LogP contribution in [0.1, 0.15) is 25.0 Å². The maximum Gasteiger partial charge on any atom is 0.275 e. The molecular formula is C11H18N2O3S. The van der Waals surface area contributed by atoms with E-state index in [1.807, 2.05) is 0 Å². The van der Waals surface area contributed by atoms with Crippen molar-refractivity contribution in [1.29, 1.82) is 0 Å². The van der Waals surface area contributed by atoms with E-state index in [1.54, 1.807) is 6.07 Å². The van der Waals surface area contributed by atoms with Crippen molar-refractivity contribution in [3.05, 3.63) is 17.9 Å². The molecule has 1 fully saturated rings. The number of sulfonamides is 1. The van der Waals surface area contributed by atoms with Crippen LogP contribution in [0.3, 0.4) is 0 Å². The van der Waals surface area contributed by atoms with E-state index in [9.17, 15) is 8.42 Å². The molecule has 1 aliphatic rings. The van der Waals surface area contributed by atoms with E-state index in [0.717, 1.165) is 4.31 Å². The van der Waals surface area contributed by atoms with Crippen LogP contribution in [0.15, 0.2) is 21.6 Å². The molecular weight excluding hydrogens is 240 g/mol. The van der Waals surface area contributed by atoms with Gasteiger partial charge in [-0.1, -0.05) is 6.42 Å². The van der Waals surface area contributed by atoms with Gasteiger partial charge in [0.05, 0.1) is 6.54 Å². The maximum absolute atomic E-state index is 11.8. The first-order chi connectivity index (χ1) is 8.00. The topological polar surface area (TPSA) is 62.6 Å². The maximum atomic E-state index is 11.8. The number of nitrogens with zero attached hydrogens (tertiary/aromatic N) is 1. The van der Waals surface area contributed by atoms with Gasteiger partial charge in [-0.25, -0.2) is 12.7 Å². The molecule has 0 aromatic carbocycles. The zero-order valence-corrected chi connectivity index (χ0v) is 11.0. The molecule has 1 aromatic heterocycles. The van der Waals surface area contributed by atoms with Crippen LogP contribution in [-0.4, -0.2) is 32.9 Å². The number of nitrogens with one attached hydrogen (secondary N) is 1. The number of hydrogen-bond donors (Lipinski definition) is 1. The molecule has 5 nitrogen and oxygen atoms in total. The van der Waals surface area contributed by atoms with Gasteiger partial charge in [0.15, 0.2) is 0 Å². The Kier molecular flexibility index (Phi) is 3.56. The molecule has 17 heavy (non-hydrogen) atoms. The fourth-order valence-electron chi connectivity index (χ4n) is 1.63. The van der Waals surface area contributed by atoms with Crippen LogP contribution in [0, 0.1) is 0 Å². The SMILES string of the molecule is CN(C)S(=O)(=O)c1ccc(CNC2CCC2)o1. The van der Waals surface area contributed by atoms with E-state index in [1.165, 1.54) is 39.4 Å². The molecule has 0 spiro atoms. The van der Waals surface area contributed by atoms with Crippen LogP contribution in [0.25, 0.3) is 0 Å². The van der Waals surface area contributed by atoms with E-state index >= 15 is 0 Å². The number of rotatable bonds is 5. The lowest BCUT2D eigenvalue weighted by Crippen LogP contribution is -2.34. The van der Waals surface area contributed by atoms with Gasteiger partial charge in [0, 0.05) is 20.1 Å². The lowest BCUT2D eigenvalue weighted by atomic mass is 9.93. The first-order valence-electron chi connectivity index (χ1n) is 5.75. The van der Waals surface area contributed by atoms with E-state index in [-0.39, 0.29) is 5.09 Å². The minimum absolute atomic E-state index is 0.00732. The number of furan rings is 1. The predicted octanol–water partition coefficient (Wildman–Crippen LogP) is 1.17. The molecule has 0 aliphatic heterocycles. The molecule has 0 amide bonds. The summed E-state index contributed by atoms with van der Waals surface area (Å²) in [5.41, 5.74) is 0. The van der Waals surface area contributed by atoms with Gasteiger partial charge in [0.25, 0.3) is 10.0 Å². The Balaban J connectivity index is 2.00. The molecule has 6 heteroatoms. The standard InChI is InChI=1S/C11H18N2O3S/c1-13(2)17(14,15)11-7-6-10(16-11)8-12-9-4-3-5-9/h6-7,9,12H,3-5,8H2,1-2H3. The van der Waals surface area contributed by atoms with Gasteiger partial charge >= 0.3 is 0 Å². The highest BCUT2D eigenvalue weighted by molar-refractivity contribution is 7.88. The highest BCUT2D eigenvalue weighted by atomic mass is 32.2. The fourth-order valence-corrected chi connectivity index (χ4v) is 2.44. The van der Waals surface area contributed by atoms with Gasteiger partial charge in [-0.3, -0.25) is 0 Å². The summed E-state index contributed by atoms with van der Waals surface area (Å²) < 4.78 is 30.0. The van der Waals surface area contributed by atoms with E-state index in [2.05, 4.69) is 5.32 Å². The van der Waals surface area contributed by atoms with Crippen LogP contribution in [0.5, 0.6) is 0 Å². The van der Waals surface area contributed by atoms with Crippen molar-refractivity contribution in [2.45, 2.75) is 36.9 Å². The minimum Gasteiger partial charge on any atom is -0.447 e. The summed E-state index contributed by atoms with van der Waals surface area (Å²) in [7, 11) is -0.467. The van der Waals surface area contributed by atoms with E-state index < -0.39 is 10.0 Å². The molecule has 96 valence electrons. The van der Waals surface area contributed by atoms with E-state index in [0.29, 0.717) is 18.3 Å². The number of hydrogen-bond acceptors (Lipinski definition) is 4. The minimum atomic E-state index is -3.45. The van der Waals surface area contributed by atoms with Gasteiger partial charge < -0.3 is 9.73 Å². The highest BCUT2D eigenvalue weighted by Crippen LogP contribution is 2.20. The molecule has 1 heterocycles. The zero-order valence-electron chi connectivity index (χ0n) is 10.1. The quantitative estimate of drug-likeness (QED) is 0.861. The first-order valence-corrected chi connectivity index (χ1v) is 7.19. The van der Waals surface area contributed by atoms with Crippen molar-refractivity contribution in [2.24, 2.45) is 0 Å². The average Bonchev–Trinajstić information content (AvgIpc) is 2.64. The Morgan fingerprint density at radius 1 is 1.41 bits per heavy atom. The summed E-state index contributed by atoms with van der Waals surface area (Å²) in [6.45, 7) is 0.591. The van der Waals surface area contributed by atoms with Crippen molar-refractivity contribution in [3.63, 3.8) is 0 Å². The van der Waals surface area contributed by atoms with Gasteiger partial charge in [-0.05, 0) is 25.0 Å². The second kappa shape index (κ2) is 4.80. The first kappa shape index (κ1) is 12.6. The largest absolute Gasteiger partial charge is 0.447 e. The van der Waals surface area contributed by atoms with Gasteiger partial charge in [-0.15, -0.1) is 0 Å². The van der Waals surface area contributed by atoms with Crippen LogP contribution in [0.2, 0.25) is 0 Å². The second-order valence-corrected chi connectivity index (χ2v) is 6.60. The summed E-state index contributed by atoms with van der Waals surface area (Å²) in [5, 5.41) is 3.33. The Morgan fingerprint density at radius 2 is 2.12 bits per heavy atom. The third-order valence-electron chi connectivity index (χ3n) is 3.04. The van der Waals surface area contributed by atoms with Gasteiger partial charge in [0.2, 0.25) is 5.09 Å². The molecule has 1 aliphatic carbocycles. The van der Waals surface area contributed by atoms with Gasteiger partial charge in [-0.2, -0.15) is 0 Å². The Bertz CT molecular complexity index is 475. The summed E-state index contributed by atoms with van der Waals surface area (Å²) in [4.78, 5) is 0. The third kappa shape index (κ3) is 2.70. The third-order valence-corrected chi connectivity index (χ3v) is 4.73. The van der Waals surface area contributed by atoms with Crippen molar-refractivity contribution in [1.82, 2.24) is 9.62 Å². The molecule has 0 atom stereocenters. The average molecular weight is 258 g/mol. The molecule has 2 rings (SSSR count). The Morgan fingerprint density at radius 3 is 2.65 bits per heavy atom. The van der Waals surface area contributed by atoms with Gasteiger partial charge in [0.1, 0.15) is 5.76 Å². The van der Waals surface area contributed by atoms with Crippen LogP contribution in [0.4, 0.5) is 0 Å². The Hall–Kier alpha value is -0.850. The smallest absolute Gasteiger partial charge is 0.275 e. The normalized spacial score (nSPS) is 17.4. The summed E-state index contributed by atoms with van der Waals surface area (Å²) in [5.74, 6) is 0.664. The molecule has 0 bridgehead atoms.